The Bertz CT molecular complexity index is 1430. The number of nitrogens with zero attached hydrogens (tertiary/aromatic N) is 1. The summed E-state index contributed by atoms with van der Waals surface area (Å²) in [5.74, 6) is -6.72. The van der Waals surface area contributed by atoms with E-state index in [4.69, 9.17) is 10.5 Å². The highest BCUT2D eigenvalue weighted by Crippen LogP contribution is 2.52. The molecule has 10 heteroatoms. The van der Waals surface area contributed by atoms with E-state index >= 15 is 0 Å². The molecule has 0 spiro atoms. The number of ketones is 2. The van der Waals surface area contributed by atoms with Crippen molar-refractivity contribution in [2.75, 3.05) is 21.2 Å². The number of aliphatic hydroxyl groups excluding tert-OH is 2. The van der Waals surface area contributed by atoms with Crippen molar-refractivity contribution >= 4 is 23.2 Å². The third-order valence-corrected chi connectivity index (χ3v) is 8.89. The molecule has 212 valence electrons. The van der Waals surface area contributed by atoms with Crippen molar-refractivity contribution in [3.63, 3.8) is 0 Å². The predicted octanol–water partition coefficient (Wildman–Crippen LogP) is 0.923. The van der Waals surface area contributed by atoms with E-state index in [9.17, 15) is 34.8 Å². The van der Waals surface area contributed by atoms with Crippen LogP contribution in [-0.2, 0) is 33.6 Å². The highest BCUT2D eigenvalue weighted by molar-refractivity contribution is 6.25. The van der Waals surface area contributed by atoms with Gasteiger partial charge in [0.1, 0.15) is 23.2 Å². The molecule has 0 heterocycles. The zero-order valence-electron chi connectivity index (χ0n) is 22.6. The lowest BCUT2D eigenvalue weighted by Gasteiger charge is -2.53. The Kier molecular flexibility index (Phi) is 6.98. The smallest absolute Gasteiger partial charge is 0.230 e. The maximum absolute atomic E-state index is 13.9. The molecular weight excluding hydrogens is 516 g/mol. The molecule has 2 fully saturated rings. The van der Waals surface area contributed by atoms with Crippen LogP contribution in [0.2, 0.25) is 0 Å². The minimum atomic E-state index is -2.66. The molecule has 1 amide bonds. The fourth-order valence-electron chi connectivity index (χ4n) is 7.01. The van der Waals surface area contributed by atoms with Crippen LogP contribution in [0, 0.1) is 17.8 Å². The standard InChI is InChI=1S/C30H34N2O8/c1-32(2)24-19-13-16-12-18-15(8-7-14-5-4-6-17(11-14)40-3)9-10-20(33)22(18)25(34)21(16)27(36)30(19,39)28(37)23(26(24)35)29(31)38/h4-6,9-11,16,19,23-24,26,33-35,39H,7-8,12-13H2,1-3H3,(H2,31,38)/t16?,19?,23?,24-,26?,30-/m0/s1. The van der Waals surface area contributed by atoms with Crippen molar-refractivity contribution in [3.8, 4) is 11.5 Å². The molecule has 0 aliphatic heterocycles. The van der Waals surface area contributed by atoms with Crippen LogP contribution in [0.3, 0.4) is 0 Å². The van der Waals surface area contributed by atoms with Gasteiger partial charge in [-0.25, -0.2) is 0 Å². The van der Waals surface area contributed by atoms with Crippen LogP contribution in [0.15, 0.2) is 42.0 Å². The Morgan fingerprint density at radius 3 is 2.52 bits per heavy atom. The summed E-state index contributed by atoms with van der Waals surface area (Å²) in [4.78, 5) is 41.1. The third-order valence-electron chi connectivity index (χ3n) is 8.89. The van der Waals surface area contributed by atoms with Gasteiger partial charge in [-0.15, -0.1) is 0 Å². The highest BCUT2D eigenvalue weighted by atomic mass is 16.5. The second-order valence-electron chi connectivity index (χ2n) is 11.2. The predicted molar refractivity (Wildman–Crippen MR) is 144 cm³/mol. The first-order valence-electron chi connectivity index (χ1n) is 13.3. The quantitative estimate of drug-likeness (QED) is 0.328. The summed E-state index contributed by atoms with van der Waals surface area (Å²) >= 11 is 0. The van der Waals surface area contributed by atoms with Gasteiger partial charge in [0.2, 0.25) is 11.7 Å². The number of Topliss-reactive ketones (excluding diaryl/α,β-unsaturated/α-hetero) is 2. The number of benzene rings is 2. The fourth-order valence-corrected chi connectivity index (χ4v) is 7.01. The number of likely N-dealkylation sites (N-methyl/N-ethyl adjacent to an activating group) is 1. The third kappa shape index (κ3) is 4.09. The minimum Gasteiger partial charge on any atom is -0.507 e. The van der Waals surface area contributed by atoms with E-state index in [1.54, 1.807) is 32.2 Å². The molecular formula is C30H34N2O8. The Labute approximate surface area is 231 Å². The van der Waals surface area contributed by atoms with Crippen LogP contribution in [0.1, 0.15) is 28.7 Å². The number of fused-ring (bicyclic) bond motifs is 3. The summed E-state index contributed by atoms with van der Waals surface area (Å²) in [6.45, 7) is 0. The maximum atomic E-state index is 13.9. The van der Waals surface area contributed by atoms with Gasteiger partial charge in [0.15, 0.2) is 11.4 Å². The first kappa shape index (κ1) is 27.8. The lowest BCUT2D eigenvalue weighted by Crippen LogP contribution is -2.73. The fraction of sp³-hybridized carbons (Fsp3) is 0.433. The number of phenolic OH excluding ortho intramolecular Hbond substituents is 1. The van der Waals surface area contributed by atoms with Gasteiger partial charge in [0.25, 0.3) is 0 Å². The molecule has 6 N–H and O–H groups in total. The second kappa shape index (κ2) is 10.0. The topological polar surface area (TPSA) is 171 Å². The van der Waals surface area contributed by atoms with E-state index in [0.717, 1.165) is 16.9 Å². The number of carbonyl (C=O) groups excluding carboxylic acids is 3. The summed E-state index contributed by atoms with van der Waals surface area (Å²) in [5, 5.41) is 44.8. The summed E-state index contributed by atoms with van der Waals surface area (Å²) in [6.07, 6.45) is 0.0947. The SMILES string of the molecule is COc1cccc(CCc2ccc(O)c3c2CC2CC4[C@H](N(C)C)C(O)C(C(N)=O)C(=O)[C@@]4(O)C(=O)C2=C3O)c1. The molecule has 40 heavy (non-hydrogen) atoms. The number of aromatic hydroxyl groups is 1. The van der Waals surface area contributed by atoms with E-state index in [1.807, 2.05) is 24.3 Å². The number of carbonyl (C=O) groups is 3. The van der Waals surface area contributed by atoms with Crippen molar-refractivity contribution in [1.29, 1.82) is 0 Å². The van der Waals surface area contributed by atoms with Gasteiger partial charge in [-0.1, -0.05) is 18.2 Å². The van der Waals surface area contributed by atoms with Crippen molar-refractivity contribution in [2.45, 2.75) is 43.4 Å². The molecule has 2 aromatic carbocycles. The molecule has 5 rings (SSSR count). The van der Waals surface area contributed by atoms with Gasteiger partial charge in [-0.3, -0.25) is 14.4 Å². The van der Waals surface area contributed by atoms with E-state index in [2.05, 4.69) is 0 Å². The minimum absolute atomic E-state index is 0.0865. The molecule has 6 atom stereocenters. The average Bonchev–Trinajstić information content (AvgIpc) is 2.90. The molecule has 2 aromatic rings. The van der Waals surface area contributed by atoms with Gasteiger partial charge in [0.05, 0.1) is 18.8 Å². The van der Waals surface area contributed by atoms with Crippen molar-refractivity contribution in [3.05, 3.63) is 64.2 Å². The number of nitrogens with two attached hydrogens (primary N) is 1. The number of aliphatic hydroxyl groups is 3. The van der Waals surface area contributed by atoms with Crippen LogP contribution in [0.25, 0.3) is 5.76 Å². The van der Waals surface area contributed by atoms with Gasteiger partial charge in [-0.2, -0.15) is 0 Å². The molecule has 2 saturated carbocycles. The van der Waals surface area contributed by atoms with E-state index in [1.165, 1.54) is 6.07 Å². The van der Waals surface area contributed by atoms with Crippen LogP contribution >= 0.6 is 0 Å². The monoisotopic (exact) mass is 550 g/mol. The van der Waals surface area contributed by atoms with E-state index < -0.39 is 58.7 Å². The van der Waals surface area contributed by atoms with Gasteiger partial charge >= 0.3 is 0 Å². The van der Waals surface area contributed by atoms with E-state index in [0.29, 0.717) is 18.4 Å². The van der Waals surface area contributed by atoms with Crippen molar-refractivity contribution < 1.29 is 39.5 Å². The molecule has 0 saturated heterocycles. The van der Waals surface area contributed by atoms with Crippen LogP contribution < -0.4 is 10.5 Å². The lowest BCUT2D eigenvalue weighted by atomic mass is 9.54. The van der Waals surface area contributed by atoms with Crippen molar-refractivity contribution in [1.82, 2.24) is 4.90 Å². The number of amides is 1. The van der Waals surface area contributed by atoms with Crippen molar-refractivity contribution in [2.24, 2.45) is 23.5 Å². The van der Waals surface area contributed by atoms with Gasteiger partial charge in [-0.05, 0) is 80.6 Å². The Morgan fingerprint density at radius 1 is 1.15 bits per heavy atom. The number of rotatable bonds is 6. The first-order valence-corrected chi connectivity index (χ1v) is 13.3. The molecule has 0 bridgehead atoms. The number of hydrogen-bond acceptors (Lipinski definition) is 9. The average molecular weight is 551 g/mol. The summed E-state index contributed by atoms with van der Waals surface area (Å²) in [5.41, 5.74) is 5.32. The zero-order chi connectivity index (χ0) is 29.1. The number of aryl methyl sites for hydroxylation is 2. The molecule has 0 radical (unpaired) electrons. The van der Waals surface area contributed by atoms with Crippen LogP contribution in [-0.4, -0.2) is 81.8 Å². The largest absolute Gasteiger partial charge is 0.507 e. The van der Waals surface area contributed by atoms with Crippen LogP contribution in [0.5, 0.6) is 11.5 Å². The summed E-state index contributed by atoms with van der Waals surface area (Å²) in [6, 6.07) is 10.0. The number of phenols is 1. The van der Waals surface area contributed by atoms with E-state index in [-0.39, 0.29) is 29.7 Å². The Balaban J connectivity index is 1.58. The summed E-state index contributed by atoms with van der Waals surface area (Å²) < 4.78 is 5.31. The number of hydrogen-bond donors (Lipinski definition) is 5. The molecule has 3 aliphatic rings. The molecule has 10 nitrogen and oxygen atoms in total. The molecule has 0 aromatic heterocycles. The van der Waals surface area contributed by atoms with Crippen LogP contribution in [0.4, 0.5) is 0 Å². The molecule has 4 unspecified atom stereocenters. The Hall–Kier alpha value is -3.73. The normalized spacial score (nSPS) is 29.6. The lowest BCUT2D eigenvalue weighted by molar-refractivity contribution is -0.184. The second-order valence-corrected chi connectivity index (χ2v) is 11.2. The number of methoxy groups -OCH3 is 1. The van der Waals surface area contributed by atoms with Gasteiger partial charge in [0, 0.05) is 17.5 Å². The highest BCUT2D eigenvalue weighted by Gasteiger charge is 2.67. The first-order chi connectivity index (χ1) is 18.9. The molecule has 3 aliphatic carbocycles. The van der Waals surface area contributed by atoms with Gasteiger partial charge < -0.3 is 35.8 Å². The zero-order valence-corrected chi connectivity index (χ0v) is 22.6. The summed E-state index contributed by atoms with van der Waals surface area (Å²) in [7, 11) is 4.85. The Morgan fingerprint density at radius 2 is 1.88 bits per heavy atom. The number of primary amides is 1. The maximum Gasteiger partial charge on any atom is 0.230 e. The number of ether oxygens (including phenoxy) is 1.